The largest absolute Gasteiger partial charge is 0.393 e. The Hall–Kier alpha value is -2.99. The Morgan fingerprint density at radius 2 is 1.93 bits per heavy atom. The molecule has 1 amide bonds. The Labute approximate surface area is 164 Å². The van der Waals surface area contributed by atoms with E-state index in [9.17, 15) is 9.90 Å². The van der Waals surface area contributed by atoms with E-state index in [1.807, 2.05) is 48.5 Å². The second-order valence-electron chi connectivity index (χ2n) is 7.28. The lowest BCUT2D eigenvalue weighted by Crippen LogP contribution is -2.36. The molecule has 28 heavy (non-hydrogen) atoms. The second kappa shape index (κ2) is 7.94. The summed E-state index contributed by atoms with van der Waals surface area (Å²) < 4.78 is 0. The number of hydrogen-bond acceptors (Lipinski definition) is 5. The highest BCUT2D eigenvalue weighted by atomic mass is 16.3. The van der Waals surface area contributed by atoms with Crippen LogP contribution in [0.4, 0.5) is 5.82 Å². The van der Waals surface area contributed by atoms with Crippen LogP contribution in [-0.2, 0) is 6.54 Å². The van der Waals surface area contributed by atoms with Gasteiger partial charge in [0.15, 0.2) is 0 Å². The number of benzene rings is 1. The highest BCUT2D eigenvalue weighted by Crippen LogP contribution is 2.19. The molecule has 6 heteroatoms. The highest BCUT2D eigenvalue weighted by molar-refractivity contribution is 5.94. The monoisotopic (exact) mass is 376 g/mol. The van der Waals surface area contributed by atoms with Crippen molar-refractivity contribution in [2.24, 2.45) is 0 Å². The van der Waals surface area contributed by atoms with Crippen LogP contribution in [0.2, 0.25) is 0 Å². The van der Waals surface area contributed by atoms with Crippen molar-refractivity contribution in [3.8, 4) is 0 Å². The van der Waals surface area contributed by atoms with Crippen LogP contribution < -0.4 is 4.90 Å². The first-order chi connectivity index (χ1) is 13.6. The zero-order chi connectivity index (χ0) is 19.5. The van der Waals surface area contributed by atoms with E-state index in [1.54, 1.807) is 18.1 Å². The molecular weight excluding hydrogens is 352 g/mol. The zero-order valence-electron chi connectivity index (χ0n) is 16.0. The van der Waals surface area contributed by atoms with Crippen molar-refractivity contribution in [1.82, 2.24) is 14.9 Å². The van der Waals surface area contributed by atoms with Crippen LogP contribution >= 0.6 is 0 Å². The number of aliphatic hydroxyl groups is 1. The number of pyridine rings is 2. The van der Waals surface area contributed by atoms with E-state index in [2.05, 4.69) is 14.9 Å². The maximum absolute atomic E-state index is 12.8. The van der Waals surface area contributed by atoms with Gasteiger partial charge in [-0.15, -0.1) is 0 Å². The van der Waals surface area contributed by atoms with E-state index in [0.717, 1.165) is 48.3 Å². The molecule has 6 nitrogen and oxygen atoms in total. The van der Waals surface area contributed by atoms with Gasteiger partial charge in [0.2, 0.25) is 0 Å². The number of carbonyl (C=O) groups excluding carboxylic acids is 1. The predicted octanol–water partition coefficient (Wildman–Crippen LogP) is 2.86. The zero-order valence-corrected chi connectivity index (χ0v) is 16.0. The number of para-hydroxylation sites is 1. The van der Waals surface area contributed by atoms with E-state index in [4.69, 9.17) is 0 Å². The lowest BCUT2D eigenvalue weighted by molar-refractivity contribution is 0.0783. The van der Waals surface area contributed by atoms with Gasteiger partial charge in [-0.1, -0.05) is 24.3 Å². The molecule has 0 saturated carbocycles. The fraction of sp³-hybridized carbons (Fsp3) is 0.318. The van der Waals surface area contributed by atoms with Crippen LogP contribution in [0.5, 0.6) is 0 Å². The first-order valence-corrected chi connectivity index (χ1v) is 9.59. The molecule has 3 aromatic rings. The van der Waals surface area contributed by atoms with Crippen molar-refractivity contribution >= 4 is 22.6 Å². The average Bonchev–Trinajstić information content (AvgIpc) is 2.74. The molecule has 1 saturated heterocycles. The summed E-state index contributed by atoms with van der Waals surface area (Å²) >= 11 is 0. The summed E-state index contributed by atoms with van der Waals surface area (Å²) in [5.41, 5.74) is 2.34. The molecule has 2 aromatic heterocycles. The molecule has 1 fully saturated rings. The normalized spacial score (nSPS) is 15.0. The number of fused-ring (bicyclic) bond motifs is 1. The summed E-state index contributed by atoms with van der Waals surface area (Å²) in [7, 11) is 1.78. The number of aliphatic hydroxyl groups excluding tert-OH is 1. The van der Waals surface area contributed by atoms with E-state index < -0.39 is 0 Å². The van der Waals surface area contributed by atoms with Crippen molar-refractivity contribution in [3.63, 3.8) is 0 Å². The standard InChI is InChI=1S/C22H24N4O2/c1-25(15-18-8-6-16-4-2-3-5-20(16)24-18)22(28)17-7-9-21(23-14-17)26-12-10-19(27)11-13-26/h2-9,14,19,27H,10-13,15H2,1H3. The van der Waals surface area contributed by atoms with Crippen molar-refractivity contribution in [2.75, 3.05) is 25.0 Å². The van der Waals surface area contributed by atoms with E-state index in [1.165, 1.54) is 0 Å². The average molecular weight is 376 g/mol. The van der Waals surface area contributed by atoms with Crippen LogP contribution in [-0.4, -0.2) is 52.1 Å². The Morgan fingerprint density at radius 1 is 1.14 bits per heavy atom. The molecule has 4 rings (SSSR count). The number of carbonyl (C=O) groups is 1. The molecule has 0 aliphatic carbocycles. The molecule has 1 aliphatic rings. The Kier molecular flexibility index (Phi) is 5.21. The van der Waals surface area contributed by atoms with E-state index >= 15 is 0 Å². The SMILES string of the molecule is CN(Cc1ccc2ccccc2n1)C(=O)c1ccc(N2CCC(O)CC2)nc1. The number of anilines is 1. The molecule has 144 valence electrons. The van der Waals surface area contributed by atoms with E-state index in [0.29, 0.717) is 12.1 Å². The summed E-state index contributed by atoms with van der Waals surface area (Å²) in [6, 6.07) is 15.6. The molecule has 0 unspecified atom stereocenters. The number of aromatic nitrogens is 2. The number of rotatable bonds is 4. The maximum Gasteiger partial charge on any atom is 0.255 e. The number of nitrogens with zero attached hydrogens (tertiary/aromatic N) is 4. The van der Waals surface area contributed by atoms with Crippen LogP contribution in [0.25, 0.3) is 10.9 Å². The van der Waals surface area contributed by atoms with Crippen LogP contribution in [0.15, 0.2) is 54.7 Å². The first-order valence-electron chi connectivity index (χ1n) is 9.59. The van der Waals surface area contributed by atoms with Gasteiger partial charge in [-0.05, 0) is 37.1 Å². The third-order valence-corrected chi connectivity index (χ3v) is 5.19. The quantitative estimate of drug-likeness (QED) is 0.758. The lowest BCUT2D eigenvalue weighted by Gasteiger charge is -2.30. The van der Waals surface area contributed by atoms with Crippen molar-refractivity contribution in [1.29, 1.82) is 0 Å². The summed E-state index contributed by atoms with van der Waals surface area (Å²) in [6.45, 7) is 2.01. The summed E-state index contributed by atoms with van der Waals surface area (Å²) in [5, 5.41) is 10.7. The minimum Gasteiger partial charge on any atom is -0.393 e. The number of piperidine rings is 1. The van der Waals surface area contributed by atoms with Crippen molar-refractivity contribution < 1.29 is 9.90 Å². The van der Waals surface area contributed by atoms with Gasteiger partial charge < -0.3 is 14.9 Å². The van der Waals surface area contributed by atoms with Gasteiger partial charge in [0, 0.05) is 31.7 Å². The Balaban J connectivity index is 1.42. The van der Waals surface area contributed by atoms with Gasteiger partial charge in [0.25, 0.3) is 5.91 Å². The van der Waals surface area contributed by atoms with Gasteiger partial charge in [-0.2, -0.15) is 0 Å². The van der Waals surface area contributed by atoms with Crippen LogP contribution in [0, 0.1) is 0 Å². The topological polar surface area (TPSA) is 69.6 Å². The molecule has 1 N–H and O–H groups in total. The van der Waals surface area contributed by atoms with Gasteiger partial charge >= 0.3 is 0 Å². The minimum atomic E-state index is -0.213. The molecule has 3 heterocycles. The second-order valence-corrected chi connectivity index (χ2v) is 7.28. The number of amides is 1. The molecule has 1 aromatic carbocycles. The summed E-state index contributed by atoms with van der Waals surface area (Å²) in [4.78, 5) is 25.7. The van der Waals surface area contributed by atoms with Crippen molar-refractivity contribution in [2.45, 2.75) is 25.5 Å². The molecule has 1 aliphatic heterocycles. The number of hydrogen-bond donors (Lipinski definition) is 1. The molecule has 0 bridgehead atoms. The van der Waals surface area contributed by atoms with Crippen molar-refractivity contribution in [3.05, 3.63) is 66.0 Å². The first kappa shape index (κ1) is 18.4. The van der Waals surface area contributed by atoms with Gasteiger partial charge in [-0.25, -0.2) is 4.98 Å². The maximum atomic E-state index is 12.8. The van der Waals surface area contributed by atoms with E-state index in [-0.39, 0.29) is 12.0 Å². The molecular formula is C22H24N4O2. The Morgan fingerprint density at radius 3 is 2.68 bits per heavy atom. The van der Waals surface area contributed by atoms with Crippen LogP contribution in [0.1, 0.15) is 28.9 Å². The third-order valence-electron chi connectivity index (χ3n) is 5.19. The molecule has 0 atom stereocenters. The summed E-state index contributed by atoms with van der Waals surface area (Å²) in [5.74, 6) is 0.769. The highest BCUT2D eigenvalue weighted by Gasteiger charge is 2.19. The molecule has 0 radical (unpaired) electrons. The smallest absolute Gasteiger partial charge is 0.255 e. The third kappa shape index (κ3) is 3.97. The molecule has 0 spiro atoms. The fourth-order valence-corrected chi connectivity index (χ4v) is 3.53. The van der Waals surface area contributed by atoms with Gasteiger partial charge in [-0.3, -0.25) is 9.78 Å². The van der Waals surface area contributed by atoms with Gasteiger partial charge in [0.1, 0.15) is 5.82 Å². The minimum absolute atomic E-state index is 0.0805. The fourth-order valence-electron chi connectivity index (χ4n) is 3.53. The Bertz CT molecular complexity index is 966. The lowest BCUT2D eigenvalue weighted by atomic mass is 10.1. The predicted molar refractivity (Wildman–Crippen MR) is 109 cm³/mol. The summed E-state index contributed by atoms with van der Waals surface area (Å²) in [6.07, 6.45) is 2.93. The van der Waals surface area contributed by atoms with Gasteiger partial charge in [0.05, 0.1) is 29.4 Å². The van der Waals surface area contributed by atoms with Crippen LogP contribution in [0.3, 0.4) is 0 Å².